The van der Waals surface area contributed by atoms with Crippen LogP contribution in [0.1, 0.15) is 12.8 Å². The van der Waals surface area contributed by atoms with Crippen molar-refractivity contribution in [3.63, 3.8) is 0 Å². The van der Waals surface area contributed by atoms with Crippen LogP contribution in [-0.2, 0) is 0 Å². The van der Waals surface area contributed by atoms with Crippen molar-refractivity contribution < 1.29 is 14.2 Å². The summed E-state index contributed by atoms with van der Waals surface area (Å²) in [6, 6.07) is 19.4. The van der Waals surface area contributed by atoms with Crippen LogP contribution in [0.25, 0.3) is 0 Å². The lowest BCUT2D eigenvalue weighted by atomic mass is 10.1. The Morgan fingerprint density at radius 1 is 0.706 bits per heavy atom. The number of nitro benzene ring substituents is 2. The molecule has 0 atom stereocenters. The topological polar surface area (TPSA) is 119 Å². The van der Waals surface area contributed by atoms with E-state index < -0.39 is 10.7 Å². The molecule has 2 aliphatic heterocycles. The highest BCUT2D eigenvalue weighted by Crippen LogP contribution is 2.24. The number of non-ortho nitro benzene ring substituents is 2. The summed E-state index contributed by atoms with van der Waals surface area (Å²) in [5.74, 6) is -0.589. The fourth-order valence-electron chi connectivity index (χ4n) is 3.26. The number of nitrogen functional groups attached to an aromatic ring is 1. The molecule has 10 heteroatoms. The van der Waals surface area contributed by atoms with E-state index in [9.17, 15) is 24.6 Å². The molecule has 2 fully saturated rings. The Balaban J connectivity index is 0.000000144. The van der Waals surface area contributed by atoms with Crippen LogP contribution >= 0.6 is 0 Å². The van der Waals surface area contributed by atoms with Crippen molar-refractivity contribution >= 4 is 28.4 Å². The molecular weight excluding hydrogens is 441 g/mol. The molecule has 3 aromatic carbocycles. The number of hydrogen-bond acceptors (Lipinski definition) is 7. The Labute approximate surface area is 196 Å². The van der Waals surface area contributed by atoms with Gasteiger partial charge < -0.3 is 15.5 Å². The monoisotopic (exact) mass is 467 g/mol. The summed E-state index contributed by atoms with van der Waals surface area (Å²) in [6.45, 7) is 4.40. The Hall–Kier alpha value is -4.21. The van der Waals surface area contributed by atoms with Crippen LogP contribution in [0.3, 0.4) is 0 Å². The zero-order chi connectivity index (χ0) is 24.5. The van der Waals surface area contributed by atoms with E-state index in [1.165, 1.54) is 49.8 Å². The lowest BCUT2D eigenvalue weighted by Crippen LogP contribution is -2.36. The summed E-state index contributed by atoms with van der Waals surface area (Å²) in [5.41, 5.74) is 8.67. The molecule has 0 unspecified atom stereocenters. The number of anilines is 3. The molecule has 178 valence electrons. The Morgan fingerprint density at radius 2 is 1.18 bits per heavy atom. The van der Waals surface area contributed by atoms with Gasteiger partial charge in [-0.2, -0.15) is 0 Å². The zero-order valence-corrected chi connectivity index (χ0v) is 18.5. The molecule has 0 saturated carbocycles. The SMILES string of the molecule is Nc1cccc(N2CCC2)c1.O=[N+]([O-])c1cccc(F)c1.O=[N+]([O-])c1cccc(N2CCC2)c1. The molecule has 2 saturated heterocycles. The highest BCUT2D eigenvalue weighted by Gasteiger charge is 2.16. The summed E-state index contributed by atoms with van der Waals surface area (Å²) in [7, 11) is 0. The average molecular weight is 468 g/mol. The van der Waals surface area contributed by atoms with Crippen molar-refractivity contribution in [1.29, 1.82) is 0 Å². The lowest BCUT2D eigenvalue weighted by Gasteiger charge is -2.33. The van der Waals surface area contributed by atoms with E-state index >= 15 is 0 Å². The largest absolute Gasteiger partial charge is 0.399 e. The van der Waals surface area contributed by atoms with Gasteiger partial charge in [-0.1, -0.05) is 18.2 Å². The average Bonchev–Trinajstić information content (AvgIpc) is 2.72. The minimum absolute atomic E-state index is 0.171. The van der Waals surface area contributed by atoms with Crippen molar-refractivity contribution in [1.82, 2.24) is 0 Å². The fourth-order valence-corrected chi connectivity index (χ4v) is 3.26. The van der Waals surface area contributed by atoms with Gasteiger partial charge in [0, 0.05) is 61.4 Å². The summed E-state index contributed by atoms with van der Waals surface area (Å²) in [4.78, 5) is 23.9. The van der Waals surface area contributed by atoms with Gasteiger partial charge in [-0.15, -0.1) is 0 Å². The van der Waals surface area contributed by atoms with Gasteiger partial charge in [0.15, 0.2) is 0 Å². The molecule has 2 aliphatic rings. The predicted molar refractivity (Wildman–Crippen MR) is 131 cm³/mol. The number of benzene rings is 3. The lowest BCUT2D eigenvalue weighted by molar-refractivity contribution is -0.385. The molecule has 2 heterocycles. The molecule has 34 heavy (non-hydrogen) atoms. The maximum absolute atomic E-state index is 12.2. The normalized spacial score (nSPS) is 13.8. The Kier molecular flexibility index (Phi) is 8.33. The van der Waals surface area contributed by atoms with Gasteiger partial charge in [0.05, 0.1) is 15.9 Å². The van der Waals surface area contributed by atoms with Gasteiger partial charge in [0.1, 0.15) is 5.82 Å². The van der Waals surface area contributed by atoms with Crippen molar-refractivity contribution in [2.24, 2.45) is 0 Å². The van der Waals surface area contributed by atoms with E-state index in [2.05, 4.69) is 15.9 Å². The van der Waals surface area contributed by atoms with Gasteiger partial charge in [0.2, 0.25) is 0 Å². The minimum atomic E-state index is -0.636. The van der Waals surface area contributed by atoms with E-state index in [0.717, 1.165) is 36.6 Å². The van der Waals surface area contributed by atoms with Crippen molar-refractivity contribution in [3.8, 4) is 0 Å². The van der Waals surface area contributed by atoms with Crippen LogP contribution in [0.4, 0.5) is 32.8 Å². The second kappa shape index (κ2) is 11.6. The number of nitrogens with zero attached hydrogens (tertiary/aromatic N) is 4. The molecule has 3 aromatic rings. The second-order valence-corrected chi connectivity index (χ2v) is 7.79. The maximum Gasteiger partial charge on any atom is 0.272 e. The number of nitrogens with two attached hydrogens (primary N) is 1. The van der Waals surface area contributed by atoms with E-state index in [1.807, 2.05) is 24.3 Å². The molecule has 0 radical (unpaired) electrons. The molecule has 0 aromatic heterocycles. The van der Waals surface area contributed by atoms with E-state index in [1.54, 1.807) is 12.1 Å². The van der Waals surface area contributed by atoms with E-state index in [4.69, 9.17) is 5.73 Å². The third-order valence-electron chi connectivity index (χ3n) is 5.37. The first kappa shape index (κ1) is 24.4. The molecule has 0 bridgehead atoms. The third-order valence-corrected chi connectivity index (χ3v) is 5.37. The molecule has 0 aliphatic carbocycles. The minimum Gasteiger partial charge on any atom is -0.399 e. The fraction of sp³-hybridized carbons (Fsp3) is 0.250. The van der Waals surface area contributed by atoms with E-state index in [0.29, 0.717) is 0 Å². The maximum atomic E-state index is 12.2. The van der Waals surface area contributed by atoms with Crippen molar-refractivity contribution in [2.45, 2.75) is 12.8 Å². The Morgan fingerprint density at radius 3 is 1.59 bits per heavy atom. The summed E-state index contributed by atoms with van der Waals surface area (Å²) >= 11 is 0. The quantitative estimate of drug-likeness (QED) is 0.325. The first-order valence-electron chi connectivity index (χ1n) is 10.8. The van der Waals surface area contributed by atoms with Crippen LogP contribution in [0.2, 0.25) is 0 Å². The number of halogens is 1. The van der Waals surface area contributed by atoms with Crippen LogP contribution in [-0.4, -0.2) is 36.0 Å². The molecule has 5 rings (SSSR count). The summed E-state index contributed by atoms with van der Waals surface area (Å²) in [5, 5.41) is 20.5. The second-order valence-electron chi connectivity index (χ2n) is 7.79. The van der Waals surface area contributed by atoms with Crippen LogP contribution in [0.15, 0.2) is 72.8 Å². The third kappa shape index (κ3) is 6.89. The van der Waals surface area contributed by atoms with Gasteiger partial charge in [0.25, 0.3) is 11.4 Å². The molecule has 0 spiro atoms. The van der Waals surface area contributed by atoms with Gasteiger partial charge in [-0.05, 0) is 43.2 Å². The highest BCUT2D eigenvalue weighted by molar-refractivity contribution is 5.57. The van der Waals surface area contributed by atoms with Crippen LogP contribution < -0.4 is 15.5 Å². The number of rotatable bonds is 4. The van der Waals surface area contributed by atoms with E-state index in [-0.39, 0.29) is 16.3 Å². The molecular formula is C24H26FN5O4. The Bertz CT molecular complexity index is 1140. The van der Waals surface area contributed by atoms with Crippen molar-refractivity contribution in [2.75, 3.05) is 41.7 Å². The number of hydrogen-bond donors (Lipinski definition) is 1. The molecule has 0 amide bonds. The first-order chi connectivity index (χ1) is 16.3. The smallest absolute Gasteiger partial charge is 0.272 e. The molecule has 2 N–H and O–H groups in total. The van der Waals surface area contributed by atoms with Crippen molar-refractivity contribution in [3.05, 3.63) is 98.8 Å². The summed E-state index contributed by atoms with van der Waals surface area (Å²) < 4.78 is 12.2. The van der Waals surface area contributed by atoms with Gasteiger partial charge in [-0.25, -0.2) is 4.39 Å². The zero-order valence-electron chi connectivity index (χ0n) is 18.5. The predicted octanol–water partition coefficient (Wildman–Crippen LogP) is 5.02. The van der Waals surface area contributed by atoms with Crippen LogP contribution in [0, 0.1) is 26.0 Å². The van der Waals surface area contributed by atoms with Gasteiger partial charge in [-0.3, -0.25) is 20.2 Å². The standard InChI is InChI=1S/C9H10N2O2.C9H12N2.C6H4FNO2/c12-11(13)9-4-1-3-8(7-9)10-5-2-6-10;10-8-3-1-4-9(7-8)11-5-2-6-11;7-5-2-1-3-6(4-5)8(9)10/h1,3-4,7H,2,5-6H2;1,3-4,7H,2,5-6,10H2;1-4H. The highest BCUT2D eigenvalue weighted by atomic mass is 19.1. The van der Waals surface area contributed by atoms with Crippen LogP contribution in [0.5, 0.6) is 0 Å². The first-order valence-corrected chi connectivity index (χ1v) is 10.8. The summed E-state index contributed by atoms with van der Waals surface area (Å²) in [6.07, 6.45) is 2.50. The number of nitro groups is 2. The molecule has 9 nitrogen and oxygen atoms in total. The van der Waals surface area contributed by atoms with Gasteiger partial charge >= 0.3 is 0 Å².